The molecule has 0 unspecified atom stereocenters. The number of carbonyl (C=O) groups is 1. The van der Waals surface area contributed by atoms with Crippen LogP contribution in [0.25, 0.3) is 22.1 Å². The number of hydrogen-bond donors (Lipinski definition) is 1. The van der Waals surface area contributed by atoms with E-state index >= 15 is 0 Å². The largest absolute Gasteiger partial charge is 0.451 e. The summed E-state index contributed by atoms with van der Waals surface area (Å²) in [5.41, 5.74) is 4.10. The number of nitrogens with zero attached hydrogens (tertiary/aromatic N) is 2. The lowest BCUT2D eigenvalue weighted by Crippen LogP contribution is -2.14. The van der Waals surface area contributed by atoms with Gasteiger partial charge in [-0.15, -0.1) is 0 Å². The molecule has 2 aromatic heterocycles. The van der Waals surface area contributed by atoms with Gasteiger partial charge in [-0.25, -0.2) is 9.97 Å². The first-order valence-electron chi connectivity index (χ1n) is 7.82. The topological polar surface area (TPSA) is 68.0 Å². The monoisotopic (exact) mass is 349 g/mol. The van der Waals surface area contributed by atoms with Crippen molar-refractivity contribution in [2.45, 2.75) is 11.9 Å². The van der Waals surface area contributed by atoms with Gasteiger partial charge in [0.25, 0.3) is 0 Å². The molecule has 0 atom stereocenters. The third-order valence-corrected chi connectivity index (χ3v) is 4.77. The first-order chi connectivity index (χ1) is 12.2. The van der Waals surface area contributed by atoms with Crippen LogP contribution in [-0.4, -0.2) is 21.6 Å². The molecule has 2 aromatic carbocycles. The van der Waals surface area contributed by atoms with Crippen LogP contribution in [0.15, 0.2) is 64.3 Å². The standard InChI is InChI=1S/C19H15N3O2S/c1-12-6-8-13(9-7-12)22-16(23)10-25-19-18-17(20-11-21-19)14-4-2-3-5-15(14)24-18/h2-9,11H,10H2,1H3,(H,22,23). The molecule has 1 N–H and O–H groups in total. The lowest BCUT2D eigenvalue weighted by molar-refractivity contribution is -0.113. The summed E-state index contributed by atoms with van der Waals surface area (Å²) >= 11 is 1.34. The molecule has 4 rings (SSSR count). The molecule has 124 valence electrons. The number of thioether (sulfide) groups is 1. The number of hydrogen-bond acceptors (Lipinski definition) is 5. The average molecular weight is 349 g/mol. The quantitative estimate of drug-likeness (QED) is 0.436. The predicted octanol–water partition coefficient (Wildman–Crippen LogP) is 4.42. The summed E-state index contributed by atoms with van der Waals surface area (Å²) in [6, 6.07) is 15.4. The summed E-state index contributed by atoms with van der Waals surface area (Å²) in [5, 5.41) is 4.50. The molecule has 25 heavy (non-hydrogen) atoms. The van der Waals surface area contributed by atoms with E-state index in [1.807, 2.05) is 55.5 Å². The number of fused-ring (bicyclic) bond motifs is 3. The molecule has 0 aliphatic heterocycles. The second kappa shape index (κ2) is 6.57. The molecule has 0 spiro atoms. The SMILES string of the molecule is Cc1ccc(NC(=O)CSc2ncnc3c2oc2ccccc23)cc1. The minimum Gasteiger partial charge on any atom is -0.451 e. The van der Waals surface area contributed by atoms with Crippen LogP contribution >= 0.6 is 11.8 Å². The van der Waals surface area contributed by atoms with Crippen LogP contribution in [0.5, 0.6) is 0 Å². The highest BCUT2D eigenvalue weighted by Gasteiger charge is 2.14. The van der Waals surface area contributed by atoms with E-state index in [2.05, 4.69) is 15.3 Å². The first-order valence-corrected chi connectivity index (χ1v) is 8.81. The number of carbonyl (C=O) groups excluding carboxylic acids is 1. The number of anilines is 1. The van der Waals surface area contributed by atoms with Crippen molar-refractivity contribution in [3.63, 3.8) is 0 Å². The van der Waals surface area contributed by atoms with Gasteiger partial charge in [-0.2, -0.15) is 0 Å². The molecule has 0 bridgehead atoms. The fraction of sp³-hybridized carbons (Fsp3) is 0.105. The smallest absolute Gasteiger partial charge is 0.234 e. The summed E-state index contributed by atoms with van der Waals surface area (Å²) in [7, 11) is 0. The van der Waals surface area contributed by atoms with Gasteiger partial charge in [-0.3, -0.25) is 4.79 Å². The van der Waals surface area contributed by atoms with Gasteiger partial charge in [-0.05, 0) is 31.2 Å². The van der Waals surface area contributed by atoms with Crippen molar-refractivity contribution >= 4 is 45.4 Å². The summed E-state index contributed by atoms with van der Waals surface area (Å²) in [6.45, 7) is 2.01. The number of furan rings is 1. The van der Waals surface area contributed by atoms with Crippen molar-refractivity contribution in [3.8, 4) is 0 Å². The molecule has 6 heteroatoms. The van der Waals surface area contributed by atoms with Crippen molar-refractivity contribution < 1.29 is 9.21 Å². The minimum absolute atomic E-state index is 0.0864. The van der Waals surface area contributed by atoms with Crippen LogP contribution < -0.4 is 5.32 Å². The van der Waals surface area contributed by atoms with E-state index in [-0.39, 0.29) is 11.7 Å². The van der Waals surface area contributed by atoms with E-state index in [1.165, 1.54) is 18.1 Å². The molecule has 0 radical (unpaired) electrons. The van der Waals surface area contributed by atoms with Crippen molar-refractivity contribution in [2.75, 3.05) is 11.1 Å². The van der Waals surface area contributed by atoms with E-state index in [9.17, 15) is 4.79 Å². The lowest BCUT2D eigenvalue weighted by Gasteiger charge is -2.05. The minimum atomic E-state index is -0.0864. The highest BCUT2D eigenvalue weighted by Crippen LogP contribution is 2.32. The Kier molecular flexibility index (Phi) is 4.11. The third-order valence-electron chi connectivity index (χ3n) is 3.80. The Morgan fingerprint density at radius 2 is 1.92 bits per heavy atom. The van der Waals surface area contributed by atoms with Crippen LogP contribution in [0.4, 0.5) is 5.69 Å². The molecule has 5 nitrogen and oxygen atoms in total. The summed E-state index contributed by atoms with van der Waals surface area (Å²) in [6.07, 6.45) is 1.50. The van der Waals surface area contributed by atoms with E-state index in [0.717, 1.165) is 27.7 Å². The van der Waals surface area contributed by atoms with E-state index in [4.69, 9.17) is 4.42 Å². The molecular formula is C19H15N3O2S. The fourth-order valence-electron chi connectivity index (χ4n) is 2.57. The van der Waals surface area contributed by atoms with Crippen LogP contribution in [-0.2, 0) is 4.79 Å². The van der Waals surface area contributed by atoms with Gasteiger partial charge in [0.2, 0.25) is 5.91 Å². The van der Waals surface area contributed by atoms with E-state index < -0.39 is 0 Å². The second-order valence-electron chi connectivity index (χ2n) is 5.66. The summed E-state index contributed by atoms with van der Waals surface area (Å²) in [4.78, 5) is 20.8. The zero-order valence-corrected chi connectivity index (χ0v) is 14.3. The summed E-state index contributed by atoms with van der Waals surface area (Å²) < 4.78 is 5.87. The Hall–Kier alpha value is -2.86. The average Bonchev–Trinajstić information content (AvgIpc) is 3.01. The van der Waals surface area contributed by atoms with Crippen LogP contribution in [0.3, 0.4) is 0 Å². The zero-order chi connectivity index (χ0) is 17.2. The zero-order valence-electron chi connectivity index (χ0n) is 13.5. The van der Waals surface area contributed by atoms with Gasteiger partial charge in [-0.1, -0.05) is 41.6 Å². The third kappa shape index (κ3) is 3.21. The summed E-state index contributed by atoms with van der Waals surface area (Å²) in [5.74, 6) is 0.161. The molecule has 2 heterocycles. The number of aryl methyl sites for hydroxylation is 1. The molecule has 0 aliphatic rings. The highest BCUT2D eigenvalue weighted by atomic mass is 32.2. The van der Waals surface area contributed by atoms with Gasteiger partial charge in [0.15, 0.2) is 5.58 Å². The normalized spacial score (nSPS) is 11.1. The van der Waals surface area contributed by atoms with Crippen molar-refractivity contribution in [2.24, 2.45) is 0 Å². The molecular weight excluding hydrogens is 334 g/mol. The molecule has 1 amide bonds. The van der Waals surface area contributed by atoms with Crippen molar-refractivity contribution in [3.05, 3.63) is 60.4 Å². The fourth-order valence-corrected chi connectivity index (χ4v) is 3.30. The number of rotatable bonds is 4. The highest BCUT2D eigenvalue weighted by molar-refractivity contribution is 8.00. The lowest BCUT2D eigenvalue weighted by atomic mass is 10.2. The van der Waals surface area contributed by atoms with Gasteiger partial charge in [0, 0.05) is 11.1 Å². The Morgan fingerprint density at radius 1 is 1.12 bits per heavy atom. The van der Waals surface area contributed by atoms with Crippen molar-refractivity contribution in [1.82, 2.24) is 9.97 Å². The van der Waals surface area contributed by atoms with Gasteiger partial charge in [0.05, 0.1) is 5.75 Å². The van der Waals surface area contributed by atoms with Crippen LogP contribution in [0.2, 0.25) is 0 Å². The first kappa shape index (κ1) is 15.7. The van der Waals surface area contributed by atoms with Gasteiger partial charge >= 0.3 is 0 Å². The Bertz CT molecular complexity index is 1060. The number of amides is 1. The number of para-hydroxylation sites is 1. The van der Waals surface area contributed by atoms with Gasteiger partial charge < -0.3 is 9.73 Å². The molecule has 0 fully saturated rings. The maximum Gasteiger partial charge on any atom is 0.234 e. The van der Waals surface area contributed by atoms with Gasteiger partial charge in [0.1, 0.15) is 22.5 Å². The molecule has 4 aromatic rings. The predicted molar refractivity (Wildman–Crippen MR) is 99.8 cm³/mol. The van der Waals surface area contributed by atoms with Crippen LogP contribution in [0, 0.1) is 6.92 Å². The number of benzene rings is 2. The van der Waals surface area contributed by atoms with Crippen LogP contribution in [0.1, 0.15) is 5.56 Å². The number of nitrogens with one attached hydrogen (secondary N) is 1. The Balaban J connectivity index is 1.52. The van der Waals surface area contributed by atoms with E-state index in [1.54, 1.807) is 0 Å². The van der Waals surface area contributed by atoms with E-state index in [0.29, 0.717) is 10.6 Å². The maximum absolute atomic E-state index is 12.2. The Labute approximate surface area is 148 Å². The molecule has 0 saturated heterocycles. The molecule has 0 saturated carbocycles. The van der Waals surface area contributed by atoms with Crippen molar-refractivity contribution in [1.29, 1.82) is 0 Å². The number of aromatic nitrogens is 2. The maximum atomic E-state index is 12.2. The molecule has 0 aliphatic carbocycles. The Morgan fingerprint density at radius 3 is 2.76 bits per heavy atom. The second-order valence-corrected chi connectivity index (χ2v) is 6.62.